The van der Waals surface area contributed by atoms with E-state index >= 15 is 0 Å². The predicted octanol–water partition coefficient (Wildman–Crippen LogP) is 3.50. The first-order valence-corrected chi connectivity index (χ1v) is 9.53. The van der Waals surface area contributed by atoms with Gasteiger partial charge in [-0.25, -0.2) is 0 Å². The number of rotatable bonds is 4. The van der Waals surface area contributed by atoms with Crippen molar-refractivity contribution >= 4 is 5.91 Å². The van der Waals surface area contributed by atoms with Gasteiger partial charge in [0.05, 0.1) is 17.6 Å². The van der Waals surface area contributed by atoms with Crippen molar-refractivity contribution in [3.63, 3.8) is 0 Å². The number of piperidine rings is 1. The van der Waals surface area contributed by atoms with Gasteiger partial charge in [0, 0.05) is 43.4 Å². The highest BCUT2D eigenvalue weighted by Gasteiger charge is 2.31. The van der Waals surface area contributed by atoms with Crippen molar-refractivity contribution in [2.24, 2.45) is 5.41 Å². The van der Waals surface area contributed by atoms with Gasteiger partial charge in [-0.2, -0.15) is 5.10 Å². The van der Waals surface area contributed by atoms with Crippen molar-refractivity contribution in [3.05, 3.63) is 30.4 Å². The van der Waals surface area contributed by atoms with Crippen LogP contribution in [0.4, 0.5) is 0 Å². The Morgan fingerprint density at radius 2 is 1.92 bits per heavy atom. The highest BCUT2D eigenvalue weighted by molar-refractivity contribution is 5.81. The minimum Gasteiger partial charge on any atom is -0.342 e. The number of carbonyl (C=O) groups is 1. The fourth-order valence-corrected chi connectivity index (χ4v) is 3.47. The maximum Gasteiger partial charge on any atom is 0.227 e. The van der Waals surface area contributed by atoms with Crippen LogP contribution < -0.4 is 0 Å². The van der Waals surface area contributed by atoms with Crippen LogP contribution >= 0.6 is 0 Å². The molecule has 0 aromatic carbocycles. The van der Waals surface area contributed by atoms with E-state index < -0.39 is 0 Å². The Balaban J connectivity index is 1.65. The largest absolute Gasteiger partial charge is 0.342 e. The normalized spacial score (nSPS) is 16.1. The van der Waals surface area contributed by atoms with Crippen LogP contribution in [0.3, 0.4) is 0 Å². The molecule has 0 saturated carbocycles. The summed E-state index contributed by atoms with van der Waals surface area (Å²) in [7, 11) is 0. The van der Waals surface area contributed by atoms with E-state index in [1.807, 2.05) is 55.0 Å². The molecule has 1 amide bonds. The van der Waals surface area contributed by atoms with Gasteiger partial charge < -0.3 is 4.90 Å². The van der Waals surface area contributed by atoms with Crippen molar-refractivity contribution in [3.8, 4) is 11.4 Å². The highest BCUT2D eigenvalue weighted by atomic mass is 16.2. The van der Waals surface area contributed by atoms with Crippen LogP contribution in [-0.2, 0) is 11.3 Å². The summed E-state index contributed by atoms with van der Waals surface area (Å²) < 4.78 is 1.97. The Labute approximate surface area is 155 Å². The van der Waals surface area contributed by atoms with Crippen LogP contribution in [0.25, 0.3) is 11.4 Å². The summed E-state index contributed by atoms with van der Waals surface area (Å²) in [5.74, 6) is 0.614. The molecule has 140 valence electrons. The maximum absolute atomic E-state index is 12.4. The quantitative estimate of drug-likeness (QED) is 0.842. The van der Waals surface area contributed by atoms with Crippen LogP contribution in [-0.4, -0.2) is 43.6 Å². The molecule has 26 heavy (non-hydrogen) atoms. The molecule has 1 saturated heterocycles. The molecule has 1 fully saturated rings. The van der Waals surface area contributed by atoms with Gasteiger partial charge in [0.2, 0.25) is 5.91 Å². The summed E-state index contributed by atoms with van der Waals surface area (Å²) in [6.45, 7) is 10.6. The third kappa shape index (κ3) is 3.94. The summed E-state index contributed by atoms with van der Waals surface area (Å²) in [6, 6.07) is 1.98. The number of hydrogen-bond donors (Lipinski definition) is 0. The van der Waals surface area contributed by atoms with E-state index in [1.54, 1.807) is 0 Å². The molecule has 0 spiro atoms. The van der Waals surface area contributed by atoms with Crippen molar-refractivity contribution < 1.29 is 4.79 Å². The lowest BCUT2D eigenvalue weighted by atomic mass is 9.90. The third-order valence-electron chi connectivity index (χ3n) is 4.93. The Bertz CT molecular complexity index is 736. The summed E-state index contributed by atoms with van der Waals surface area (Å²) in [5, 5.41) is 4.35. The molecule has 6 nitrogen and oxygen atoms in total. The fourth-order valence-electron chi connectivity index (χ4n) is 3.47. The summed E-state index contributed by atoms with van der Waals surface area (Å²) >= 11 is 0. The first-order valence-electron chi connectivity index (χ1n) is 9.53. The van der Waals surface area contributed by atoms with E-state index in [9.17, 15) is 4.79 Å². The van der Waals surface area contributed by atoms with Crippen molar-refractivity contribution in [1.82, 2.24) is 24.6 Å². The number of amides is 1. The number of likely N-dealkylation sites (tertiary alicyclic amines) is 1. The lowest BCUT2D eigenvalue weighted by molar-refractivity contribution is -0.140. The van der Waals surface area contributed by atoms with Gasteiger partial charge in [-0.1, -0.05) is 27.7 Å². The Morgan fingerprint density at radius 3 is 2.50 bits per heavy atom. The maximum atomic E-state index is 12.4. The SMILES string of the molecule is CCCn1nccc1-c1cnc(C2CCN(C(=O)C(C)(C)C)CC2)cn1. The van der Waals surface area contributed by atoms with Crippen molar-refractivity contribution in [1.29, 1.82) is 0 Å². The third-order valence-corrected chi connectivity index (χ3v) is 4.93. The molecule has 0 bridgehead atoms. The minimum atomic E-state index is -0.310. The molecule has 1 aliphatic rings. The molecule has 2 aromatic rings. The second kappa shape index (κ2) is 7.56. The molecule has 2 aromatic heterocycles. The lowest BCUT2D eigenvalue weighted by Gasteiger charge is -2.35. The van der Waals surface area contributed by atoms with Gasteiger partial charge in [0.15, 0.2) is 0 Å². The number of carbonyl (C=O) groups excluding carboxylic acids is 1. The molecule has 0 radical (unpaired) electrons. The van der Waals surface area contributed by atoms with Gasteiger partial charge >= 0.3 is 0 Å². The summed E-state index contributed by atoms with van der Waals surface area (Å²) in [4.78, 5) is 23.7. The zero-order chi connectivity index (χ0) is 18.7. The molecule has 0 aliphatic carbocycles. The molecule has 0 atom stereocenters. The minimum absolute atomic E-state index is 0.238. The average molecular weight is 355 g/mol. The van der Waals surface area contributed by atoms with Crippen LogP contribution in [0.2, 0.25) is 0 Å². The molecular weight excluding hydrogens is 326 g/mol. The van der Waals surface area contributed by atoms with E-state index in [4.69, 9.17) is 0 Å². The van der Waals surface area contributed by atoms with Crippen LogP contribution in [0.5, 0.6) is 0 Å². The number of nitrogens with zero attached hydrogens (tertiary/aromatic N) is 5. The van der Waals surface area contributed by atoms with Gasteiger partial charge in [0.25, 0.3) is 0 Å². The molecule has 0 N–H and O–H groups in total. The number of aromatic nitrogens is 4. The molecule has 1 aliphatic heterocycles. The number of aryl methyl sites for hydroxylation is 1. The summed E-state index contributed by atoms with van der Waals surface area (Å²) in [5.41, 5.74) is 2.59. The smallest absolute Gasteiger partial charge is 0.227 e. The van der Waals surface area contributed by atoms with E-state index in [1.165, 1.54) is 0 Å². The monoisotopic (exact) mass is 355 g/mol. The lowest BCUT2D eigenvalue weighted by Crippen LogP contribution is -2.43. The van der Waals surface area contributed by atoms with E-state index in [-0.39, 0.29) is 11.3 Å². The first-order chi connectivity index (χ1) is 12.4. The van der Waals surface area contributed by atoms with Gasteiger partial charge in [0.1, 0.15) is 5.69 Å². The Morgan fingerprint density at radius 1 is 1.19 bits per heavy atom. The molecule has 0 unspecified atom stereocenters. The fraction of sp³-hybridized carbons (Fsp3) is 0.600. The second-order valence-corrected chi connectivity index (χ2v) is 8.08. The van der Waals surface area contributed by atoms with Gasteiger partial charge in [-0.05, 0) is 25.3 Å². The summed E-state index contributed by atoms with van der Waals surface area (Å²) in [6.07, 6.45) is 8.48. The highest BCUT2D eigenvalue weighted by Crippen LogP contribution is 2.29. The molecule has 6 heteroatoms. The molecule has 3 heterocycles. The Hall–Kier alpha value is -2.24. The zero-order valence-corrected chi connectivity index (χ0v) is 16.3. The topological polar surface area (TPSA) is 63.9 Å². The van der Waals surface area contributed by atoms with Gasteiger partial charge in [-0.3, -0.25) is 19.4 Å². The average Bonchev–Trinajstić information content (AvgIpc) is 3.09. The zero-order valence-electron chi connectivity index (χ0n) is 16.3. The van der Waals surface area contributed by atoms with E-state index in [2.05, 4.69) is 22.0 Å². The van der Waals surface area contributed by atoms with Crippen LogP contribution in [0, 0.1) is 5.41 Å². The second-order valence-electron chi connectivity index (χ2n) is 8.08. The van der Waals surface area contributed by atoms with Gasteiger partial charge in [-0.15, -0.1) is 0 Å². The predicted molar refractivity (Wildman–Crippen MR) is 102 cm³/mol. The number of hydrogen-bond acceptors (Lipinski definition) is 4. The Kier molecular flexibility index (Phi) is 5.39. The van der Waals surface area contributed by atoms with Crippen molar-refractivity contribution in [2.45, 2.75) is 59.4 Å². The van der Waals surface area contributed by atoms with E-state index in [0.29, 0.717) is 5.92 Å². The van der Waals surface area contributed by atoms with E-state index in [0.717, 1.165) is 56.0 Å². The first kappa shape index (κ1) is 18.5. The van der Waals surface area contributed by atoms with Crippen LogP contribution in [0.1, 0.15) is 58.6 Å². The van der Waals surface area contributed by atoms with Crippen molar-refractivity contribution in [2.75, 3.05) is 13.1 Å². The standard InChI is InChI=1S/C20H29N5O/c1-5-10-25-18(6-9-23-25)17-14-21-16(13-22-17)15-7-11-24(12-8-15)19(26)20(2,3)4/h6,9,13-15H,5,7-8,10-12H2,1-4H3. The molecular formula is C20H29N5O. The van der Waals surface area contributed by atoms with Crippen LogP contribution in [0.15, 0.2) is 24.7 Å². The molecule has 3 rings (SSSR count).